The average molecular weight is 421 g/mol. The van der Waals surface area contributed by atoms with Crippen molar-refractivity contribution < 1.29 is 0 Å². The van der Waals surface area contributed by atoms with Crippen LogP contribution in [-0.4, -0.2) is 0 Å². The van der Waals surface area contributed by atoms with Crippen molar-refractivity contribution in [2.24, 2.45) is 0 Å². The third-order valence-electron chi connectivity index (χ3n) is 6.60. The first kappa shape index (κ1) is 29.7. The Kier molecular flexibility index (Phi) is 28.5. The van der Waals surface area contributed by atoms with E-state index in [0.717, 1.165) is 0 Å². The molecule has 0 fully saturated rings. The Labute approximate surface area is 193 Å². The molecule has 0 atom stereocenters. The van der Waals surface area contributed by atoms with Gasteiger partial charge in [-0.2, -0.15) is 0 Å². The smallest absolute Gasteiger partial charge is 0.0351 e. The molecule has 0 rings (SSSR count). The Morgan fingerprint density at radius 1 is 0.267 bits per heavy atom. The fourth-order valence-electron chi connectivity index (χ4n) is 4.45. The van der Waals surface area contributed by atoms with Crippen LogP contribution in [-0.2, 0) is 0 Å². The van der Waals surface area contributed by atoms with E-state index in [4.69, 9.17) is 0 Å². The van der Waals surface area contributed by atoms with Gasteiger partial charge in [-0.3, -0.25) is 0 Å². The first-order valence-electron chi connectivity index (χ1n) is 14.6. The molecule has 0 saturated carbocycles. The number of allylic oxidation sites excluding steroid dienone is 2. The molecule has 0 amide bonds. The van der Waals surface area contributed by atoms with Gasteiger partial charge in [0.1, 0.15) is 0 Å². The summed E-state index contributed by atoms with van der Waals surface area (Å²) < 4.78 is 0. The van der Waals surface area contributed by atoms with Crippen LogP contribution in [0.5, 0.6) is 0 Å². The van der Waals surface area contributed by atoms with Crippen LogP contribution in [0.15, 0.2) is 12.2 Å². The van der Waals surface area contributed by atoms with Gasteiger partial charge in [0.25, 0.3) is 0 Å². The maximum Gasteiger partial charge on any atom is -0.0351 e. The summed E-state index contributed by atoms with van der Waals surface area (Å²) in [4.78, 5) is 0. The van der Waals surface area contributed by atoms with Gasteiger partial charge >= 0.3 is 0 Å². The van der Waals surface area contributed by atoms with E-state index >= 15 is 0 Å². The molecule has 0 nitrogen and oxygen atoms in total. The van der Waals surface area contributed by atoms with E-state index in [-0.39, 0.29) is 0 Å². The van der Waals surface area contributed by atoms with Gasteiger partial charge in [0.15, 0.2) is 0 Å². The van der Waals surface area contributed by atoms with Crippen molar-refractivity contribution in [1.82, 2.24) is 0 Å². The van der Waals surface area contributed by atoms with Crippen molar-refractivity contribution in [1.29, 1.82) is 0 Å². The first-order valence-corrected chi connectivity index (χ1v) is 14.6. The van der Waals surface area contributed by atoms with Crippen LogP contribution in [0.3, 0.4) is 0 Å². The maximum atomic E-state index is 2.39. The second-order valence-corrected chi connectivity index (χ2v) is 9.83. The lowest BCUT2D eigenvalue weighted by Crippen LogP contribution is -1.84. The number of unbranched alkanes of at least 4 members (excludes halogenated alkanes) is 24. The lowest BCUT2D eigenvalue weighted by atomic mass is 10.0. The largest absolute Gasteiger partial charge is 0.0885 e. The molecule has 0 aliphatic carbocycles. The number of hydrogen-bond donors (Lipinski definition) is 0. The van der Waals surface area contributed by atoms with Crippen molar-refractivity contribution in [3.8, 4) is 0 Å². The van der Waals surface area contributed by atoms with Crippen LogP contribution >= 0.6 is 0 Å². The zero-order chi connectivity index (χ0) is 21.8. The van der Waals surface area contributed by atoms with Gasteiger partial charge in [0.05, 0.1) is 0 Å². The summed E-state index contributed by atoms with van der Waals surface area (Å²) in [6.07, 6.45) is 42.4. The molecule has 0 bridgehead atoms. The number of rotatable bonds is 26. The Balaban J connectivity index is 3.00. The van der Waals surface area contributed by atoms with Gasteiger partial charge in [0.2, 0.25) is 0 Å². The fourth-order valence-corrected chi connectivity index (χ4v) is 4.45. The molecule has 180 valence electrons. The molecule has 30 heavy (non-hydrogen) atoms. The summed E-state index contributed by atoms with van der Waals surface area (Å²) in [5.74, 6) is 0. The minimum absolute atomic E-state index is 1.26. The van der Waals surface area contributed by atoms with Gasteiger partial charge in [0, 0.05) is 0 Å². The third kappa shape index (κ3) is 27.7. The predicted octanol–water partition coefficient (Wildman–Crippen LogP) is 11.7. The van der Waals surface area contributed by atoms with E-state index in [0.29, 0.717) is 0 Å². The monoisotopic (exact) mass is 420 g/mol. The van der Waals surface area contributed by atoms with Crippen LogP contribution in [0.1, 0.15) is 181 Å². The molecular weight excluding hydrogens is 360 g/mol. The van der Waals surface area contributed by atoms with Crippen LogP contribution in [0.2, 0.25) is 0 Å². The van der Waals surface area contributed by atoms with E-state index in [2.05, 4.69) is 26.0 Å². The molecule has 0 aliphatic rings. The third-order valence-corrected chi connectivity index (χ3v) is 6.60. The van der Waals surface area contributed by atoms with E-state index in [1.807, 2.05) is 0 Å². The zero-order valence-electron chi connectivity index (χ0n) is 21.5. The van der Waals surface area contributed by atoms with E-state index in [1.54, 1.807) is 0 Å². The van der Waals surface area contributed by atoms with Gasteiger partial charge in [-0.15, -0.1) is 0 Å². The highest BCUT2D eigenvalue weighted by Gasteiger charge is 1.95. The van der Waals surface area contributed by atoms with E-state index in [9.17, 15) is 0 Å². The Hall–Kier alpha value is -0.260. The summed E-state index contributed by atoms with van der Waals surface area (Å²) in [6.45, 7) is 4.56. The molecule has 0 aromatic heterocycles. The lowest BCUT2D eigenvalue weighted by Gasteiger charge is -2.04. The summed E-state index contributed by atoms with van der Waals surface area (Å²) in [7, 11) is 0. The summed E-state index contributed by atoms with van der Waals surface area (Å²) in [5, 5.41) is 0. The molecule has 0 heteroatoms. The second kappa shape index (κ2) is 28.7. The van der Waals surface area contributed by atoms with Crippen LogP contribution in [0.4, 0.5) is 0 Å². The van der Waals surface area contributed by atoms with E-state index in [1.165, 1.54) is 167 Å². The van der Waals surface area contributed by atoms with Gasteiger partial charge in [-0.25, -0.2) is 0 Å². The molecule has 0 unspecified atom stereocenters. The average Bonchev–Trinajstić information content (AvgIpc) is 2.76. The van der Waals surface area contributed by atoms with Crippen molar-refractivity contribution in [3.05, 3.63) is 12.2 Å². The van der Waals surface area contributed by atoms with Gasteiger partial charge < -0.3 is 0 Å². The highest BCUT2D eigenvalue weighted by molar-refractivity contribution is 4.80. The molecule has 0 aliphatic heterocycles. The predicted molar refractivity (Wildman–Crippen MR) is 141 cm³/mol. The molecule has 0 aromatic rings. The van der Waals surface area contributed by atoms with Gasteiger partial charge in [-0.05, 0) is 19.3 Å². The highest BCUT2D eigenvalue weighted by Crippen LogP contribution is 2.15. The summed E-state index contributed by atoms with van der Waals surface area (Å²) in [6, 6.07) is 0. The van der Waals surface area contributed by atoms with Crippen LogP contribution in [0.25, 0.3) is 0 Å². The fraction of sp³-hybridized carbons (Fsp3) is 0.933. The van der Waals surface area contributed by atoms with Gasteiger partial charge in [-0.1, -0.05) is 174 Å². The van der Waals surface area contributed by atoms with Crippen molar-refractivity contribution in [2.75, 3.05) is 0 Å². The topological polar surface area (TPSA) is 0 Å². The standard InChI is InChI=1S/C30H60/c1-3-5-7-9-11-13-15-17-19-21-23-25-27-29-30-28-26-24-22-20-18-16-14-12-10-8-6-4-2/h7,9H,3-6,8,10-30H2,1-2H3. The van der Waals surface area contributed by atoms with Crippen molar-refractivity contribution >= 4 is 0 Å². The highest BCUT2D eigenvalue weighted by atomic mass is 14.0. The zero-order valence-corrected chi connectivity index (χ0v) is 21.5. The number of hydrogen-bond acceptors (Lipinski definition) is 0. The molecule has 0 saturated heterocycles. The molecule has 0 heterocycles. The second-order valence-electron chi connectivity index (χ2n) is 9.83. The Morgan fingerprint density at radius 3 is 0.833 bits per heavy atom. The van der Waals surface area contributed by atoms with Crippen LogP contribution < -0.4 is 0 Å². The molecule has 0 aromatic carbocycles. The lowest BCUT2D eigenvalue weighted by molar-refractivity contribution is 0.518. The van der Waals surface area contributed by atoms with Crippen LogP contribution in [0, 0.1) is 0 Å². The Morgan fingerprint density at radius 2 is 0.533 bits per heavy atom. The Bertz CT molecular complexity index is 303. The SMILES string of the molecule is CCCC=CCCCCCCCCCCCCCCCCCCCCCCCCC. The minimum Gasteiger partial charge on any atom is -0.0885 e. The minimum atomic E-state index is 1.26. The molecular formula is C30H60. The quantitative estimate of drug-likeness (QED) is 0.0963. The summed E-state index contributed by atoms with van der Waals surface area (Å²) in [5.41, 5.74) is 0. The van der Waals surface area contributed by atoms with E-state index < -0.39 is 0 Å². The maximum absolute atomic E-state index is 2.39. The van der Waals surface area contributed by atoms with Crippen molar-refractivity contribution in [2.45, 2.75) is 181 Å². The first-order chi connectivity index (χ1) is 14.9. The molecule has 0 N–H and O–H groups in total. The molecule has 0 spiro atoms. The summed E-state index contributed by atoms with van der Waals surface area (Å²) >= 11 is 0. The van der Waals surface area contributed by atoms with Crippen molar-refractivity contribution in [3.63, 3.8) is 0 Å². The molecule has 0 radical (unpaired) electrons. The normalized spacial score (nSPS) is 11.7.